The SMILES string of the molecule is Cc1c2n(ccc1=O)N(C1c3ccccc3CSc3cc(Cl)ccc31)CN(C(C)C)C2=O. The maximum atomic E-state index is 13.4. The first kappa shape index (κ1) is 21.2. The van der Waals surface area contributed by atoms with Crippen LogP contribution in [-0.4, -0.2) is 28.2 Å². The van der Waals surface area contributed by atoms with Crippen molar-refractivity contribution in [3.8, 4) is 0 Å². The molecular formula is C25H24ClN3O2S. The molecule has 2 aliphatic heterocycles. The van der Waals surface area contributed by atoms with Gasteiger partial charge >= 0.3 is 0 Å². The van der Waals surface area contributed by atoms with Gasteiger partial charge in [-0.05, 0) is 49.6 Å². The Balaban J connectivity index is 1.79. The van der Waals surface area contributed by atoms with Gasteiger partial charge in [0.2, 0.25) is 0 Å². The third-order valence-corrected chi connectivity index (χ3v) is 7.64. The van der Waals surface area contributed by atoms with Gasteiger partial charge in [0.25, 0.3) is 5.91 Å². The van der Waals surface area contributed by atoms with Crippen LogP contribution in [0.15, 0.2) is 64.4 Å². The maximum absolute atomic E-state index is 13.4. The molecule has 0 saturated heterocycles. The van der Waals surface area contributed by atoms with Crippen molar-refractivity contribution in [2.75, 3.05) is 11.7 Å². The molecule has 1 amide bonds. The molecule has 3 aromatic rings. The minimum atomic E-state index is -0.136. The summed E-state index contributed by atoms with van der Waals surface area (Å²) in [5.74, 6) is 0.732. The van der Waals surface area contributed by atoms with Gasteiger partial charge < -0.3 is 4.90 Å². The number of carbonyl (C=O) groups is 1. The summed E-state index contributed by atoms with van der Waals surface area (Å²) >= 11 is 8.14. The second kappa shape index (κ2) is 8.01. The lowest BCUT2D eigenvalue weighted by Gasteiger charge is -2.45. The number of rotatable bonds is 2. The summed E-state index contributed by atoms with van der Waals surface area (Å²) in [7, 11) is 0. The Labute approximate surface area is 196 Å². The fraction of sp³-hybridized carbons (Fsp3) is 0.280. The van der Waals surface area contributed by atoms with Gasteiger partial charge in [-0.1, -0.05) is 41.9 Å². The molecule has 2 aliphatic rings. The number of hydrogen-bond donors (Lipinski definition) is 0. The number of nitrogens with zero attached hydrogens (tertiary/aromatic N) is 3. The van der Waals surface area contributed by atoms with E-state index in [0.717, 1.165) is 16.2 Å². The van der Waals surface area contributed by atoms with Crippen molar-refractivity contribution in [1.82, 2.24) is 9.58 Å². The molecule has 3 heterocycles. The highest BCUT2D eigenvalue weighted by atomic mass is 35.5. The molecule has 7 heteroatoms. The van der Waals surface area contributed by atoms with Gasteiger partial charge in [0.15, 0.2) is 5.43 Å². The predicted octanol–water partition coefficient (Wildman–Crippen LogP) is 4.97. The van der Waals surface area contributed by atoms with E-state index in [9.17, 15) is 9.59 Å². The highest BCUT2D eigenvalue weighted by molar-refractivity contribution is 7.98. The first-order valence-electron chi connectivity index (χ1n) is 10.7. The van der Waals surface area contributed by atoms with Crippen LogP contribution in [-0.2, 0) is 5.75 Å². The average Bonchev–Trinajstić information content (AvgIpc) is 2.93. The van der Waals surface area contributed by atoms with Crippen LogP contribution in [0.25, 0.3) is 0 Å². The smallest absolute Gasteiger partial charge is 0.274 e. The van der Waals surface area contributed by atoms with Crippen LogP contribution in [0.2, 0.25) is 5.02 Å². The fourth-order valence-corrected chi connectivity index (χ4v) is 5.93. The normalized spacial score (nSPS) is 17.7. The summed E-state index contributed by atoms with van der Waals surface area (Å²) < 4.78 is 1.88. The molecular weight excluding hydrogens is 442 g/mol. The van der Waals surface area contributed by atoms with E-state index < -0.39 is 0 Å². The molecule has 0 radical (unpaired) electrons. The maximum Gasteiger partial charge on any atom is 0.274 e. The monoisotopic (exact) mass is 465 g/mol. The molecule has 0 saturated carbocycles. The van der Waals surface area contributed by atoms with Crippen LogP contribution >= 0.6 is 23.4 Å². The zero-order valence-electron chi connectivity index (χ0n) is 18.2. The lowest BCUT2D eigenvalue weighted by molar-refractivity contribution is 0.0625. The number of aromatic nitrogens is 1. The van der Waals surface area contributed by atoms with Crippen LogP contribution in [0.3, 0.4) is 0 Å². The zero-order valence-corrected chi connectivity index (χ0v) is 19.8. The molecule has 5 nitrogen and oxygen atoms in total. The van der Waals surface area contributed by atoms with Crippen molar-refractivity contribution in [2.24, 2.45) is 0 Å². The van der Waals surface area contributed by atoms with Gasteiger partial charge in [0, 0.05) is 39.5 Å². The zero-order chi connectivity index (χ0) is 22.6. The highest BCUT2D eigenvalue weighted by Gasteiger charge is 2.38. The predicted molar refractivity (Wildman–Crippen MR) is 129 cm³/mol. The molecule has 164 valence electrons. The van der Waals surface area contributed by atoms with E-state index in [1.165, 1.54) is 11.1 Å². The first-order chi connectivity index (χ1) is 15.4. The van der Waals surface area contributed by atoms with Gasteiger partial charge in [-0.2, -0.15) is 0 Å². The van der Waals surface area contributed by atoms with Gasteiger partial charge in [0.05, 0.1) is 6.04 Å². The second-order valence-corrected chi connectivity index (χ2v) is 9.97. The molecule has 0 fully saturated rings. The van der Waals surface area contributed by atoms with Gasteiger partial charge in [-0.15, -0.1) is 11.8 Å². The third kappa shape index (κ3) is 3.33. The molecule has 1 atom stereocenters. The van der Waals surface area contributed by atoms with E-state index >= 15 is 0 Å². The van der Waals surface area contributed by atoms with Gasteiger partial charge in [0.1, 0.15) is 12.4 Å². The van der Waals surface area contributed by atoms with Crippen molar-refractivity contribution in [3.63, 3.8) is 0 Å². The summed E-state index contributed by atoms with van der Waals surface area (Å²) in [5.41, 5.74) is 4.37. The van der Waals surface area contributed by atoms with Crippen molar-refractivity contribution < 1.29 is 4.79 Å². The van der Waals surface area contributed by atoms with Gasteiger partial charge in [-0.3, -0.25) is 19.3 Å². The van der Waals surface area contributed by atoms with Crippen molar-refractivity contribution in [1.29, 1.82) is 0 Å². The molecule has 1 aromatic heterocycles. The number of fused-ring (bicyclic) bond motifs is 3. The van der Waals surface area contributed by atoms with Crippen molar-refractivity contribution in [3.05, 3.63) is 97.9 Å². The Hall–Kier alpha value is -2.70. The number of halogens is 1. The Kier molecular flexibility index (Phi) is 5.30. The van der Waals surface area contributed by atoms with Crippen LogP contribution < -0.4 is 10.4 Å². The molecule has 1 unspecified atom stereocenters. The number of carbonyl (C=O) groups excluding carboxylic acids is 1. The Bertz CT molecular complexity index is 1290. The van der Waals surface area contributed by atoms with Crippen LogP contribution in [0.5, 0.6) is 0 Å². The topological polar surface area (TPSA) is 45.6 Å². The number of amides is 1. The highest BCUT2D eigenvalue weighted by Crippen LogP contribution is 2.43. The van der Waals surface area contributed by atoms with Crippen LogP contribution in [0.4, 0.5) is 0 Å². The largest absolute Gasteiger partial charge is 0.316 e. The molecule has 0 aliphatic carbocycles. The number of pyridine rings is 1. The van der Waals surface area contributed by atoms with E-state index in [2.05, 4.69) is 35.3 Å². The van der Waals surface area contributed by atoms with Crippen molar-refractivity contribution in [2.45, 2.75) is 43.5 Å². The standard InChI is InChI=1S/C25H24ClN3O2S/c1-15(2)27-14-29(28-11-10-21(30)16(3)23(28)25(27)31)24-19-7-5-4-6-17(19)13-32-22-12-18(26)8-9-20(22)24/h4-12,15,24H,13-14H2,1-3H3. The van der Waals surface area contributed by atoms with Gasteiger partial charge in [-0.25, -0.2) is 0 Å². The number of thioether (sulfide) groups is 1. The van der Waals surface area contributed by atoms with E-state index in [0.29, 0.717) is 22.9 Å². The third-order valence-electron chi connectivity index (χ3n) is 6.28. The average molecular weight is 466 g/mol. The van der Waals surface area contributed by atoms with Crippen molar-refractivity contribution >= 4 is 29.3 Å². The van der Waals surface area contributed by atoms with Crippen LogP contribution in [0.1, 0.15) is 52.6 Å². The summed E-state index contributed by atoms with van der Waals surface area (Å²) in [4.78, 5) is 28.8. The molecule has 0 spiro atoms. The Morgan fingerprint density at radius 1 is 1.06 bits per heavy atom. The molecule has 2 aromatic carbocycles. The summed E-state index contributed by atoms with van der Waals surface area (Å²) in [6.45, 7) is 6.16. The van der Waals surface area contributed by atoms with E-state index in [1.54, 1.807) is 30.9 Å². The summed E-state index contributed by atoms with van der Waals surface area (Å²) in [5, 5.41) is 2.90. The molecule has 0 bridgehead atoms. The molecule has 32 heavy (non-hydrogen) atoms. The Morgan fingerprint density at radius 2 is 1.84 bits per heavy atom. The Morgan fingerprint density at radius 3 is 2.62 bits per heavy atom. The fourth-order valence-electron chi connectivity index (χ4n) is 4.56. The second-order valence-electron chi connectivity index (χ2n) is 8.52. The minimum absolute atomic E-state index is 0.00598. The van der Waals surface area contributed by atoms with Crippen LogP contribution in [0, 0.1) is 6.92 Å². The number of hydrogen-bond acceptors (Lipinski definition) is 4. The van der Waals surface area contributed by atoms with E-state index in [1.807, 2.05) is 35.6 Å². The quantitative estimate of drug-likeness (QED) is 0.536. The summed E-state index contributed by atoms with van der Waals surface area (Å²) in [6, 6.07) is 15.9. The number of benzene rings is 2. The lowest BCUT2D eigenvalue weighted by Crippen LogP contribution is -2.57. The summed E-state index contributed by atoms with van der Waals surface area (Å²) in [6.07, 6.45) is 1.73. The minimum Gasteiger partial charge on any atom is -0.316 e. The van der Waals surface area contributed by atoms with E-state index in [4.69, 9.17) is 11.6 Å². The lowest BCUT2D eigenvalue weighted by atomic mass is 9.94. The first-order valence-corrected chi connectivity index (χ1v) is 12.0. The van der Waals surface area contributed by atoms with E-state index in [-0.39, 0.29) is 23.4 Å². The molecule has 0 N–H and O–H groups in total. The molecule has 5 rings (SSSR count).